The lowest BCUT2D eigenvalue weighted by atomic mass is 9.98. The number of ether oxygens (including phenoxy) is 2. The van der Waals surface area contributed by atoms with Crippen LogP contribution in [0.4, 0.5) is 4.39 Å². The molecule has 1 aliphatic carbocycles. The van der Waals surface area contributed by atoms with Gasteiger partial charge in [0.15, 0.2) is 11.6 Å². The van der Waals surface area contributed by atoms with Gasteiger partial charge in [0.1, 0.15) is 11.6 Å². The Kier molecular flexibility index (Phi) is 4.28. The molecule has 110 valence electrons. The molecule has 4 nitrogen and oxygen atoms in total. The van der Waals surface area contributed by atoms with E-state index in [-0.39, 0.29) is 23.6 Å². The van der Waals surface area contributed by atoms with Crippen molar-refractivity contribution in [2.45, 2.75) is 37.8 Å². The molecule has 0 amide bonds. The second kappa shape index (κ2) is 5.79. The highest BCUT2D eigenvalue weighted by Crippen LogP contribution is 2.34. The zero-order chi connectivity index (χ0) is 14.8. The number of likely N-dealkylation sites (N-methyl/N-ethyl adjacent to an activating group) is 1. The van der Waals surface area contributed by atoms with E-state index in [1.807, 2.05) is 6.92 Å². The first-order valence-corrected chi connectivity index (χ1v) is 6.71. The van der Waals surface area contributed by atoms with Crippen molar-refractivity contribution in [2.75, 3.05) is 14.2 Å². The Hall–Kier alpha value is -1.62. The number of benzene rings is 1. The van der Waals surface area contributed by atoms with Crippen LogP contribution in [0.25, 0.3) is 0 Å². The quantitative estimate of drug-likeness (QED) is 0.860. The predicted molar refractivity (Wildman–Crippen MR) is 73.2 cm³/mol. The number of rotatable bonds is 4. The summed E-state index contributed by atoms with van der Waals surface area (Å²) in [7, 11) is 3.10. The molecular formula is C15H20FNO3. The topological polar surface area (TPSA) is 47.6 Å². The van der Waals surface area contributed by atoms with Crippen LogP contribution in [-0.4, -0.2) is 31.8 Å². The maximum absolute atomic E-state index is 13.7. The van der Waals surface area contributed by atoms with Gasteiger partial charge in [-0.05, 0) is 44.5 Å². The lowest BCUT2D eigenvalue weighted by molar-refractivity contribution is -0.148. The van der Waals surface area contributed by atoms with E-state index in [2.05, 4.69) is 5.32 Å². The summed E-state index contributed by atoms with van der Waals surface area (Å²) in [6, 6.07) is 4.77. The molecule has 0 heterocycles. The fraction of sp³-hybridized carbons (Fsp3) is 0.533. The zero-order valence-electron chi connectivity index (χ0n) is 12.0. The van der Waals surface area contributed by atoms with E-state index in [9.17, 15) is 9.18 Å². The molecule has 1 aromatic rings. The number of carbonyl (C=O) groups is 1. The first kappa shape index (κ1) is 14.8. The molecule has 1 saturated carbocycles. The second-order valence-electron chi connectivity index (χ2n) is 5.24. The number of nitrogens with one attached hydrogen (secondary N) is 1. The fourth-order valence-electron chi connectivity index (χ4n) is 2.69. The maximum atomic E-state index is 13.7. The van der Waals surface area contributed by atoms with Gasteiger partial charge in [0.25, 0.3) is 0 Å². The molecule has 1 N–H and O–H groups in total. The second-order valence-corrected chi connectivity index (χ2v) is 5.24. The van der Waals surface area contributed by atoms with E-state index in [1.165, 1.54) is 13.2 Å². The largest absolute Gasteiger partial charge is 0.487 e. The van der Waals surface area contributed by atoms with Crippen LogP contribution in [0.3, 0.4) is 0 Å². The van der Waals surface area contributed by atoms with E-state index in [1.54, 1.807) is 19.2 Å². The maximum Gasteiger partial charge on any atom is 0.326 e. The minimum absolute atomic E-state index is 0.196. The van der Waals surface area contributed by atoms with Gasteiger partial charge in [-0.2, -0.15) is 0 Å². The molecule has 0 saturated heterocycles. The molecule has 1 aromatic carbocycles. The van der Waals surface area contributed by atoms with E-state index >= 15 is 0 Å². The molecule has 2 unspecified atom stereocenters. The fourth-order valence-corrected chi connectivity index (χ4v) is 2.69. The third kappa shape index (κ3) is 2.77. The molecule has 0 radical (unpaired) electrons. The number of carbonyl (C=O) groups excluding carboxylic acids is 1. The van der Waals surface area contributed by atoms with Gasteiger partial charge in [0.2, 0.25) is 0 Å². The van der Waals surface area contributed by atoms with Crippen molar-refractivity contribution in [3.8, 4) is 5.75 Å². The van der Waals surface area contributed by atoms with Gasteiger partial charge in [-0.1, -0.05) is 6.07 Å². The van der Waals surface area contributed by atoms with Gasteiger partial charge in [0, 0.05) is 6.42 Å². The summed E-state index contributed by atoms with van der Waals surface area (Å²) in [6.45, 7) is 1.88. The molecule has 1 aliphatic rings. The smallest absolute Gasteiger partial charge is 0.326 e. The van der Waals surface area contributed by atoms with Gasteiger partial charge in [0.05, 0.1) is 7.11 Å². The highest BCUT2D eigenvalue weighted by Gasteiger charge is 2.46. The van der Waals surface area contributed by atoms with Crippen LogP contribution in [0.15, 0.2) is 18.2 Å². The number of halogens is 1. The van der Waals surface area contributed by atoms with Gasteiger partial charge < -0.3 is 14.8 Å². The summed E-state index contributed by atoms with van der Waals surface area (Å²) in [5, 5.41) is 3.02. The van der Waals surface area contributed by atoms with E-state index < -0.39 is 5.54 Å². The number of aryl methyl sites for hydroxylation is 1. The molecule has 0 aliphatic heterocycles. The Bertz CT molecular complexity index is 506. The molecule has 2 rings (SSSR count). The number of hydrogen-bond donors (Lipinski definition) is 1. The highest BCUT2D eigenvalue weighted by atomic mass is 19.1. The van der Waals surface area contributed by atoms with Crippen molar-refractivity contribution in [1.29, 1.82) is 0 Å². The normalized spacial score (nSPS) is 25.5. The van der Waals surface area contributed by atoms with Crippen LogP contribution in [0.5, 0.6) is 5.75 Å². The predicted octanol–water partition coefficient (Wildman–Crippen LogP) is 2.20. The summed E-state index contributed by atoms with van der Waals surface area (Å²) in [5.74, 6) is -0.432. The summed E-state index contributed by atoms with van der Waals surface area (Å²) >= 11 is 0. The summed E-state index contributed by atoms with van der Waals surface area (Å²) in [6.07, 6.45) is 1.58. The van der Waals surface area contributed by atoms with E-state index in [0.717, 1.165) is 5.56 Å². The van der Waals surface area contributed by atoms with Gasteiger partial charge >= 0.3 is 5.97 Å². The molecule has 0 bridgehead atoms. The van der Waals surface area contributed by atoms with Crippen LogP contribution in [0.2, 0.25) is 0 Å². The molecule has 1 fully saturated rings. The minimum Gasteiger partial charge on any atom is -0.487 e. The van der Waals surface area contributed by atoms with Crippen LogP contribution >= 0.6 is 0 Å². The number of esters is 1. The molecular weight excluding hydrogens is 261 g/mol. The summed E-state index contributed by atoms with van der Waals surface area (Å²) < 4.78 is 24.2. The Morgan fingerprint density at radius 1 is 1.50 bits per heavy atom. The number of methoxy groups -OCH3 is 1. The van der Waals surface area contributed by atoms with E-state index in [4.69, 9.17) is 9.47 Å². The highest BCUT2D eigenvalue weighted by molar-refractivity contribution is 5.81. The Labute approximate surface area is 118 Å². The third-order valence-electron chi connectivity index (χ3n) is 3.90. The van der Waals surface area contributed by atoms with E-state index in [0.29, 0.717) is 19.3 Å². The average molecular weight is 281 g/mol. The van der Waals surface area contributed by atoms with Gasteiger partial charge in [-0.3, -0.25) is 4.79 Å². The SMILES string of the molecule is CNC1(C(=O)OC)CCC(Oc2cc(C)ccc2F)C1. The monoisotopic (exact) mass is 281 g/mol. The minimum atomic E-state index is -0.723. The van der Waals surface area contributed by atoms with Crippen molar-refractivity contribution in [3.05, 3.63) is 29.6 Å². The van der Waals surface area contributed by atoms with Crippen molar-refractivity contribution < 1.29 is 18.7 Å². The lowest BCUT2D eigenvalue weighted by Crippen LogP contribution is -2.49. The third-order valence-corrected chi connectivity index (χ3v) is 3.90. The Morgan fingerprint density at radius 2 is 2.25 bits per heavy atom. The standard InChI is InChI=1S/C15H20FNO3/c1-10-4-5-12(16)13(8-10)20-11-6-7-15(9-11,17-2)14(18)19-3/h4-5,8,11,17H,6-7,9H2,1-3H3. The first-order valence-electron chi connectivity index (χ1n) is 6.71. The molecule has 0 aromatic heterocycles. The van der Waals surface area contributed by atoms with Crippen LogP contribution < -0.4 is 10.1 Å². The molecule has 5 heteroatoms. The summed E-state index contributed by atoms with van der Waals surface area (Å²) in [4.78, 5) is 11.9. The van der Waals surface area contributed by atoms with Crippen LogP contribution in [0, 0.1) is 12.7 Å². The first-order chi connectivity index (χ1) is 9.50. The average Bonchev–Trinajstić information content (AvgIpc) is 2.86. The Morgan fingerprint density at radius 3 is 2.90 bits per heavy atom. The van der Waals surface area contributed by atoms with Crippen LogP contribution in [0.1, 0.15) is 24.8 Å². The Balaban J connectivity index is 2.10. The van der Waals surface area contributed by atoms with Gasteiger partial charge in [-0.25, -0.2) is 4.39 Å². The van der Waals surface area contributed by atoms with Crippen molar-refractivity contribution in [1.82, 2.24) is 5.32 Å². The van der Waals surface area contributed by atoms with Crippen molar-refractivity contribution in [3.63, 3.8) is 0 Å². The van der Waals surface area contributed by atoms with Gasteiger partial charge in [-0.15, -0.1) is 0 Å². The van der Waals surface area contributed by atoms with Crippen LogP contribution in [-0.2, 0) is 9.53 Å². The molecule has 0 spiro atoms. The molecule has 20 heavy (non-hydrogen) atoms. The lowest BCUT2D eigenvalue weighted by Gasteiger charge is -2.25. The summed E-state index contributed by atoms with van der Waals surface area (Å²) in [5.41, 5.74) is 0.215. The number of hydrogen-bond acceptors (Lipinski definition) is 4. The van der Waals surface area contributed by atoms with Crippen molar-refractivity contribution in [2.24, 2.45) is 0 Å². The molecule has 2 atom stereocenters. The van der Waals surface area contributed by atoms with Crippen molar-refractivity contribution >= 4 is 5.97 Å². The zero-order valence-corrected chi connectivity index (χ0v) is 12.0.